The van der Waals surface area contributed by atoms with Crippen LogP contribution in [0.5, 0.6) is 0 Å². The van der Waals surface area contributed by atoms with Gasteiger partial charge in [0.05, 0.1) is 13.2 Å². The normalized spacial score (nSPS) is 24.3. The van der Waals surface area contributed by atoms with Gasteiger partial charge in [-0.2, -0.15) is 0 Å². The molecule has 184 valence electrons. The average Bonchev–Trinajstić information content (AvgIpc) is 2.78. The van der Waals surface area contributed by atoms with E-state index in [0.717, 1.165) is 12.8 Å². The summed E-state index contributed by atoms with van der Waals surface area (Å²) in [5.74, 6) is 0. The molecule has 5 nitrogen and oxygen atoms in total. The largest absolute Gasteiger partial charge is 0.394 e. The minimum atomic E-state index is -0.987. The molecule has 3 N–H and O–H groups in total. The maximum atomic E-state index is 10.0. The number of unbranched alkanes of at least 4 members (excludes halogenated alkanes) is 14. The highest BCUT2D eigenvalue weighted by atomic mass is 16.6. The summed E-state index contributed by atoms with van der Waals surface area (Å²) < 4.78 is 11.0. The highest BCUT2D eigenvalue weighted by Gasteiger charge is 2.39. The summed E-state index contributed by atoms with van der Waals surface area (Å²) in [6.07, 6.45) is 22.2. The highest BCUT2D eigenvalue weighted by molar-refractivity contribution is 4.87. The van der Waals surface area contributed by atoms with Crippen molar-refractivity contribution in [3.05, 3.63) is 12.2 Å². The van der Waals surface area contributed by atoms with Crippen LogP contribution in [0, 0.1) is 0 Å². The molecule has 1 saturated heterocycles. The summed E-state index contributed by atoms with van der Waals surface area (Å²) >= 11 is 0. The van der Waals surface area contributed by atoms with Gasteiger partial charge in [0.15, 0.2) is 0 Å². The molecule has 0 aromatic rings. The number of hydrogen-bond acceptors (Lipinski definition) is 5. The van der Waals surface area contributed by atoms with Crippen LogP contribution in [0.2, 0.25) is 0 Å². The second-order valence-corrected chi connectivity index (χ2v) is 9.09. The summed E-state index contributed by atoms with van der Waals surface area (Å²) in [5.41, 5.74) is 0. The van der Waals surface area contributed by atoms with Crippen molar-refractivity contribution >= 4 is 0 Å². The van der Waals surface area contributed by atoms with E-state index in [0.29, 0.717) is 6.61 Å². The Labute approximate surface area is 191 Å². The van der Waals surface area contributed by atoms with Crippen molar-refractivity contribution in [2.45, 2.75) is 134 Å². The third kappa shape index (κ3) is 14.3. The number of hydrogen-bond donors (Lipinski definition) is 3. The van der Waals surface area contributed by atoms with Crippen molar-refractivity contribution in [1.29, 1.82) is 0 Å². The Kier molecular flexibility index (Phi) is 18.6. The van der Waals surface area contributed by atoms with Crippen molar-refractivity contribution in [2.75, 3.05) is 19.8 Å². The van der Waals surface area contributed by atoms with Crippen molar-refractivity contribution in [3.8, 4) is 0 Å². The predicted molar refractivity (Wildman–Crippen MR) is 127 cm³/mol. The topological polar surface area (TPSA) is 79.2 Å². The molecule has 0 spiro atoms. The van der Waals surface area contributed by atoms with Gasteiger partial charge in [-0.05, 0) is 25.7 Å². The van der Waals surface area contributed by atoms with E-state index in [4.69, 9.17) is 9.47 Å². The van der Waals surface area contributed by atoms with Crippen LogP contribution in [-0.2, 0) is 9.47 Å². The van der Waals surface area contributed by atoms with E-state index in [-0.39, 0.29) is 13.2 Å². The van der Waals surface area contributed by atoms with E-state index in [1.165, 1.54) is 89.9 Å². The molecule has 1 heterocycles. The Balaban J connectivity index is 1.82. The van der Waals surface area contributed by atoms with Gasteiger partial charge in [0.1, 0.15) is 24.4 Å². The first-order valence-electron chi connectivity index (χ1n) is 13.1. The van der Waals surface area contributed by atoms with Crippen molar-refractivity contribution in [3.63, 3.8) is 0 Å². The lowest BCUT2D eigenvalue weighted by Crippen LogP contribution is -2.55. The molecule has 5 heteroatoms. The zero-order chi connectivity index (χ0) is 22.6. The van der Waals surface area contributed by atoms with E-state index >= 15 is 0 Å². The van der Waals surface area contributed by atoms with Crippen LogP contribution in [0.4, 0.5) is 0 Å². The van der Waals surface area contributed by atoms with Crippen LogP contribution in [0.3, 0.4) is 0 Å². The van der Waals surface area contributed by atoms with E-state index in [1.54, 1.807) is 0 Å². The third-order valence-electron chi connectivity index (χ3n) is 6.21. The van der Waals surface area contributed by atoms with Crippen LogP contribution in [-0.4, -0.2) is 59.6 Å². The molecule has 0 aliphatic carbocycles. The van der Waals surface area contributed by atoms with E-state index in [1.807, 2.05) is 0 Å². The van der Waals surface area contributed by atoms with Gasteiger partial charge in [-0.3, -0.25) is 0 Å². The lowest BCUT2D eigenvalue weighted by molar-refractivity contribution is -0.211. The molecule has 0 amide bonds. The maximum absolute atomic E-state index is 10.0. The molecular formula is C26H50O5. The summed E-state index contributed by atoms with van der Waals surface area (Å²) in [5, 5.41) is 29.0. The molecule has 1 fully saturated rings. The van der Waals surface area contributed by atoms with Gasteiger partial charge in [-0.1, -0.05) is 96.1 Å². The van der Waals surface area contributed by atoms with E-state index in [2.05, 4.69) is 19.1 Å². The fraction of sp³-hybridized carbons (Fsp3) is 0.923. The number of aliphatic hydroxyl groups excluding tert-OH is 3. The molecule has 1 rings (SSSR count). The van der Waals surface area contributed by atoms with Gasteiger partial charge in [-0.25, -0.2) is 0 Å². The van der Waals surface area contributed by atoms with E-state index < -0.39 is 24.4 Å². The van der Waals surface area contributed by atoms with Gasteiger partial charge in [0, 0.05) is 6.61 Å². The summed E-state index contributed by atoms with van der Waals surface area (Å²) in [4.78, 5) is 0. The smallest absolute Gasteiger partial charge is 0.114 e. The van der Waals surface area contributed by atoms with Crippen molar-refractivity contribution in [2.24, 2.45) is 0 Å². The molecule has 1 aliphatic heterocycles. The number of allylic oxidation sites excluding steroid dienone is 2. The van der Waals surface area contributed by atoms with Gasteiger partial charge in [0.2, 0.25) is 0 Å². The number of aliphatic hydroxyl groups is 3. The molecule has 0 aromatic heterocycles. The zero-order valence-electron chi connectivity index (χ0n) is 20.1. The Morgan fingerprint density at radius 1 is 0.774 bits per heavy atom. The molecule has 0 aromatic carbocycles. The minimum Gasteiger partial charge on any atom is -0.394 e. The van der Waals surface area contributed by atoms with E-state index in [9.17, 15) is 15.3 Å². The Bertz CT molecular complexity index is 413. The second kappa shape index (κ2) is 20.2. The predicted octanol–water partition coefficient (Wildman–Crippen LogP) is 5.30. The standard InChI is InChI=1S/C26H50O5/c1-2-3-4-5-6-7-8-9-10-11-12-13-14-15-16-17-18-19-20-30-26-24(21-27)31-22-23(28)25(26)29/h4-5,23-29H,2-3,6-22H2,1H3/b5-4+/t23-,24+,25+,26+/m1/s1. The first kappa shape index (κ1) is 28.6. The molecule has 0 saturated carbocycles. The first-order valence-corrected chi connectivity index (χ1v) is 13.1. The summed E-state index contributed by atoms with van der Waals surface area (Å²) in [7, 11) is 0. The minimum absolute atomic E-state index is 0.0449. The number of rotatable bonds is 20. The molecule has 4 atom stereocenters. The Morgan fingerprint density at radius 2 is 1.29 bits per heavy atom. The molecular weight excluding hydrogens is 392 g/mol. The molecule has 1 aliphatic rings. The first-order chi connectivity index (χ1) is 15.2. The lowest BCUT2D eigenvalue weighted by atomic mass is 10.0. The maximum Gasteiger partial charge on any atom is 0.114 e. The van der Waals surface area contributed by atoms with Crippen LogP contribution in [0.15, 0.2) is 12.2 Å². The number of ether oxygens (including phenoxy) is 2. The zero-order valence-corrected chi connectivity index (χ0v) is 20.1. The SMILES string of the molecule is CCC/C=C/CCCCCCCCCCCCCCCO[C@@H]1[C@@H](O)[C@H](O)CO[C@H]1CO. The lowest BCUT2D eigenvalue weighted by Gasteiger charge is -2.37. The average molecular weight is 443 g/mol. The van der Waals surface area contributed by atoms with Gasteiger partial charge in [0.25, 0.3) is 0 Å². The monoisotopic (exact) mass is 442 g/mol. The van der Waals surface area contributed by atoms with Crippen LogP contribution in [0.25, 0.3) is 0 Å². The molecule has 31 heavy (non-hydrogen) atoms. The molecule has 0 unspecified atom stereocenters. The Morgan fingerprint density at radius 3 is 1.84 bits per heavy atom. The highest BCUT2D eigenvalue weighted by Crippen LogP contribution is 2.19. The fourth-order valence-electron chi connectivity index (χ4n) is 4.15. The van der Waals surface area contributed by atoms with Crippen molar-refractivity contribution < 1.29 is 24.8 Å². The fourth-order valence-corrected chi connectivity index (χ4v) is 4.15. The van der Waals surface area contributed by atoms with Crippen LogP contribution < -0.4 is 0 Å². The molecule has 0 bridgehead atoms. The van der Waals surface area contributed by atoms with Crippen LogP contribution >= 0.6 is 0 Å². The Hall–Kier alpha value is -0.460. The van der Waals surface area contributed by atoms with Gasteiger partial charge < -0.3 is 24.8 Å². The third-order valence-corrected chi connectivity index (χ3v) is 6.21. The molecule has 0 radical (unpaired) electrons. The van der Waals surface area contributed by atoms with Crippen molar-refractivity contribution in [1.82, 2.24) is 0 Å². The quantitative estimate of drug-likeness (QED) is 0.176. The van der Waals surface area contributed by atoms with Gasteiger partial charge >= 0.3 is 0 Å². The summed E-state index contributed by atoms with van der Waals surface area (Å²) in [6, 6.07) is 0. The second-order valence-electron chi connectivity index (χ2n) is 9.09. The summed E-state index contributed by atoms with van der Waals surface area (Å²) in [6.45, 7) is 2.60. The van der Waals surface area contributed by atoms with Gasteiger partial charge in [-0.15, -0.1) is 0 Å². The van der Waals surface area contributed by atoms with Crippen LogP contribution in [0.1, 0.15) is 110 Å².